The van der Waals surface area contributed by atoms with Gasteiger partial charge in [0.05, 0.1) is 18.2 Å². The summed E-state index contributed by atoms with van der Waals surface area (Å²) in [6, 6.07) is 2.96. The lowest BCUT2D eigenvalue weighted by molar-refractivity contribution is -0.274. The van der Waals surface area contributed by atoms with Crippen molar-refractivity contribution in [2.75, 3.05) is 0 Å². The molecule has 1 heterocycles. The molecular weight excluding hydrogens is 416 g/mol. The molecule has 0 aliphatic heterocycles. The third kappa shape index (κ3) is 4.31. The molecule has 0 aliphatic rings. The molecule has 3 nitrogen and oxygen atoms in total. The first-order chi connectivity index (χ1) is 7.87. The van der Waals surface area contributed by atoms with Crippen LogP contribution in [0.5, 0.6) is 5.75 Å². The van der Waals surface area contributed by atoms with E-state index in [1.54, 1.807) is 28.7 Å². The Hall–Kier alpha value is -0.560. The molecule has 1 rings (SSSR count). The van der Waals surface area contributed by atoms with Crippen molar-refractivity contribution in [3.05, 3.63) is 21.0 Å². The van der Waals surface area contributed by atoms with Crippen molar-refractivity contribution in [2.24, 2.45) is 0 Å². The first kappa shape index (κ1) is 14.5. The Morgan fingerprint density at radius 3 is 2.65 bits per heavy atom. The molecule has 1 aromatic heterocycles. The summed E-state index contributed by atoms with van der Waals surface area (Å²) in [6.45, 7) is 0. The van der Waals surface area contributed by atoms with Crippen molar-refractivity contribution in [2.45, 2.75) is 18.1 Å². The van der Waals surface area contributed by atoms with Crippen molar-refractivity contribution in [3.63, 3.8) is 0 Å². The largest absolute Gasteiger partial charge is 0.573 e. The van der Waals surface area contributed by atoms with Crippen molar-refractivity contribution in [1.82, 2.24) is 4.98 Å². The first-order valence-electron chi connectivity index (χ1n) is 4.24. The summed E-state index contributed by atoms with van der Waals surface area (Å²) in [7, 11) is 0. The molecular formula is C9H5BrF3IN2O. The molecule has 1 aromatic rings. The second kappa shape index (κ2) is 5.86. The number of hydrogen-bond acceptors (Lipinski definition) is 3. The number of hydrogen-bond donors (Lipinski definition) is 0. The fourth-order valence-electron chi connectivity index (χ4n) is 1.09. The van der Waals surface area contributed by atoms with Gasteiger partial charge in [0.1, 0.15) is 9.45 Å². The van der Waals surface area contributed by atoms with Gasteiger partial charge in [-0.05, 0) is 22.6 Å². The minimum absolute atomic E-state index is 0.148. The molecule has 0 saturated heterocycles. The van der Waals surface area contributed by atoms with Crippen LogP contribution in [-0.2, 0) is 11.8 Å². The molecule has 8 heteroatoms. The van der Waals surface area contributed by atoms with Crippen LogP contribution in [0.4, 0.5) is 13.2 Å². The predicted octanol–water partition coefficient (Wildman–Crippen LogP) is 3.55. The number of aromatic nitrogens is 1. The number of nitriles is 1. The maximum absolute atomic E-state index is 12.2. The highest BCUT2D eigenvalue weighted by atomic mass is 127. The Labute approximate surface area is 117 Å². The standard InChI is InChI=1S/C9H5BrF3IN2O/c10-4-5-3-7(17-9(11,12)13)6(1-2-15)8(14)16-5/h3H,1,4H2. The van der Waals surface area contributed by atoms with E-state index in [-0.39, 0.29) is 17.7 Å². The van der Waals surface area contributed by atoms with Gasteiger partial charge in [0.15, 0.2) is 0 Å². The third-order valence-electron chi connectivity index (χ3n) is 1.70. The van der Waals surface area contributed by atoms with Gasteiger partial charge >= 0.3 is 6.36 Å². The molecule has 0 fully saturated rings. The zero-order valence-electron chi connectivity index (χ0n) is 8.18. The number of halogens is 5. The van der Waals surface area contributed by atoms with E-state index in [4.69, 9.17) is 5.26 Å². The average molecular weight is 421 g/mol. The molecule has 0 aliphatic carbocycles. The van der Waals surface area contributed by atoms with Crippen molar-refractivity contribution in [3.8, 4) is 11.8 Å². The van der Waals surface area contributed by atoms with Gasteiger partial charge in [-0.1, -0.05) is 15.9 Å². The van der Waals surface area contributed by atoms with E-state index in [9.17, 15) is 13.2 Å². The van der Waals surface area contributed by atoms with E-state index in [1.807, 2.05) is 0 Å². The van der Waals surface area contributed by atoms with Crippen molar-refractivity contribution >= 4 is 38.5 Å². The second-order valence-corrected chi connectivity index (χ2v) is 4.48. The van der Waals surface area contributed by atoms with Gasteiger partial charge in [0.25, 0.3) is 0 Å². The highest BCUT2D eigenvalue weighted by Crippen LogP contribution is 2.30. The molecule has 0 saturated carbocycles. The Morgan fingerprint density at radius 2 is 2.18 bits per heavy atom. The zero-order chi connectivity index (χ0) is 13.1. The summed E-state index contributed by atoms with van der Waals surface area (Å²) in [5, 5.41) is 8.88. The normalized spacial score (nSPS) is 11.1. The zero-order valence-corrected chi connectivity index (χ0v) is 11.9. The number of pyridine rings is 1. The molecule has 0 N–H and O–H groups in total. The molecule has 0 spiro atoms. The Balaban J connectivity index is 3.23. The van der Waals surface area contributed by atoms with E-state index in [0.29, 0.717) is 14.7 Å². The topological polar surface area (TPSA) is 45.9 Å². The van der Waals surface area contributed by atoms with Crippen LogP contribution in [0.25, 0.3) is 0 Å². The first-order valence-corrected chi connectivity index (χ1v) is 6.44. The molecule has 0 atom stereocenters. The van der Waals surface area contributed by atoms with Gasteiger partial charge in [-0.25, -0.2) is 4.98 Å². The van der Waals surface area contributed by atoms with Crippen LogP contribution in [0, 0.1) is 15.0 Å². The lowest BCUT2D eigenvalue weighted by Gasteiger charge is -2.13. The third-order valence-corrected chi connectivity index (χ3v) is 3.17. The highest BCUT2D eigenvalue weighted by molar-refractivity contribution is 14.1. The van der Waals surface area contributed by atoms with Crippen LogP contribution in [0.15, 0.2) is 6.07 Å². The van der Waals surface area contributed by atoms with Crippen LogP contribution in [-0.4, -0.2) is 11.3 Å². The van der Waals surface area contributed by atoms with E-state index in [0.717, 1.165) is 0 Å². The van der Waals surface area contributed by atoms with E-state index < -0.39 is 6.36 Å². The maximum atomic E-state index is 12.2. The highest BCUT2D eigenvalue weighted by Gasteiger charge is 2.32. The SMILES string of the molecule is N#CCc1c(OC(F)(F)F)cc(CBr)nc1I. The van der Waals surface area contributed by atoms with Crippen LogP contribution < -0.4 is 4.74 Å². The Kier molecular flexibility index (Phi) is 5.00. The monoisotopic (exact) mass is 420 g/mol. The summed E-state index contributed by atoms with van der Waals surface area (Å²) in [4.78, 5) is 4.04. The number of rotatable bonds is 3. The number of ether oxygens (including phenoxy) is 1. The number of nitrogens with zero attached hydrogens (tertiary/aromatic N) is 2. The summed E-state index contributed by atoms with van der Waals surface area (Å²) < 4.78 is 40.8. The fourth-order valence-corrected chi connectivity index (χ4v) is 2.14. The summed E-state index contributed by atoms with van der Waals surface area (Å²) >= 11 is 4.88. The summed E-state index contributed by atoms with van der Waals surface area (Å²) in [6.07, 6.45) is -4.96. The predicted molar refractivity (Wildman–Crippen MR) is 65.6 cm³/mol. The quantitative estimate of drug-likeness (QED) is 0.427. The molecule has 0 aromatic carbocycles. The Bertz CT molecular complexity index is 459. The van der Waals surface area contributed by atoms with Gasteiger partial charge in [0, 0.05) is 17.0 Å². The van der Waals surface area contributed by atoms with Crippen LogP contribution in [0.1, 0.15) is 11.3 Å². The lowest BCUT2D eigenvalue weighted by atomic mass is 10.2. The molecule has 0 radical (unpaired) electrons. The van der Waals surface area contributed by atoms with Crippen molar-refractivity contribution in [1.29, 1.82) is 5.26 Å². The molecule has 0 unspecified atom stereocenters. The smallest absolute Gasteiger partial charge is 0.405 e. The molecule has 92 valence electrons. The molecule has 0 amide bonds. The maximum Gasteiger partial charge on any atom is 0.573 e. The minimum atomic E-state index is -4.78. The fraction of sp³-hybridized carbons (Fsp3) is 0.333. The molecule has 0 bridgehead atoms. The van der Waals surface area contributed by atoms with Gasteiger partial charge < -0.3 is 4.74 Å². The molecule has 17 heavy (non-hydrogen) atoms. The van der Waals surface area contributed by atoms with Crippen molar-refractivity contribution < 1.29 is 17.9 Å². The van der Waals surface area contributed by atoms with E-state index in [2.05, 4.69) is 25.7 Å². The van der Waals surface area contributed by atoms with Gasteiger partial charge in [-0.2, -0.15) is 5.26 Å². The van der Waals surface area contributed by atoms with Crippen LogP contribution in [0.2, 0.25) is 0 Å². The van der Waals surface area contributed by atoms with Gasteiger partial charge in [0.2, 0.25) is 0 Å². The number of alkyl halides is 4. The van der Waals surface area contributed by atoms with Gasteiger partial charge in [-0.15, -0.1) is 13.2 Å². The minimum Gasteiger partial charge on any atom is -0.405 e. The van der Waals surface area contributed by atoms with E-state index in [1.165, 1.54) is 6.07 Å². The second-order valence-electron chi connectivity index (χ2n) is 2.90. The van der Waals surface area contributed by atoms with Crippen LogP contribution >= 0.6 is 38.5 Å². The lowest BCUT2D eigenvalue weighted by Crippen LogP contribution is -2.19. The Morgan fingerprint density at radius 1 is 1.53 bits per heavy atom. The van der Waals surface area contributed by atoms with E-state index >= 15 is 0 Å². The van der Waals surface area contributed by atoms with Crippen LogP contribution in [0.3, 0.4) is 0 Å². The average Bonchev–Trinajstić information content (AvgIpc) is 2.20. The van der Waals surface area contributed by atoms with Gasteiger partial charge in [-0.3, -0.25) is 0 Å². The summed E-state index contributed by atoms with van der Waals surface area (Å²) in [5.74, 6) is -0.368. The summed E-state index contributed by atoms with van der Waals surface area (Å²) in [5.41, 5.74) is 0.561.